The molecule has 0 N–H and O–H groups in total. The summed E-state index contributed by atoms with van der Waals surface area (Å²) in [4.78, 5) is 8.08. The Labute approximate surface area is 104 Å². The lowest BCUT2D eigenvalue weighted by Gasteiger charge is -2.02. The second-order valence-corrected chi connectivity index (χ2v) is 5.23. The van der Waals surface area contributed by atoms with Crippen molar-refractivity contribution < 1.29 is 0 Å². The van der Waals surface area contributed by atoms with Crippen LogP contribution < -0.4 is 0 Å². The molecule has 3 rings (SSSR count). The first-order chi connectivity index (χ1) is 7.84. The molecule has 0 radical (unpaired) electrons. The summed E-state index contributed by atoms with van der Waals surface area (Å²) < 4.78 is 2.71. The zero-order chi connectivity index (χ0) is 11.0. The maximum Gasteiger partial charge on any atom is 0.215 e. The molecule has 0 aliphatic heterocycles. The lowest BCUT2D eigenvalue weighted by atomic mass is 10.7. The summed E-state index contributed by atoms with van der Waals surface area (Å²) in [6.45, 7) is 0. The van der Waals surface area contributed by atoms with Gasteiger partial charge in [-0.15, -0.1) is 5.10 Å². The fraction of sp³-hybridized carbons (Fsp3) is 0.375. The summed E-state index contributed by atoms with van der Waals surface area (Å²) >= 11 is 4.84. The summed E-state index contributed by atoms with van der Waals surface area (Å²) in [7, 11) is 0. The molecule has 1 aliphatic carbocycles. The molecule has 0 spiro atoms. The van der Waals surface area contributed by atoms with Crippen LogP contribution in [0.25, 0.3) is 0 Å². The zero-order valence-corrected chi connectivity index (χ0v) is 10.5. The van der Waals surface area contributed by atoms with Crippen LogP contribution >= 0.6 is 27.7 Å². The van der Waals surface area contributed by atoms with Crippen LogP contribution in [0.1, 0.15) is 18.9 Å². The quantitative estimate of drug-likeness (QED) is 0.804. The molecule has 0 aromatic carbocycles. The molecule has 0 atom stereocenters. The minimum atomic E-state index is 0.470. The predicted octanol–water partition coefficient (Wildman–Crippen LogP) is 1.71. The third-order valence-electron chi connectivity index (χ3n) is 2.18. The fourth-order valence-electron chi connectivity index (χ4n) is 1.26. The Hall–Kier alpha value is -1.02. The zero-order valence-electron chi connectivity index (χ0n) is 8.12. The molecular weight excluding hydrogens is 292 g/mol. The fourth-order valence-corrected chi connectivity index (χ4v) is 2.51. The van der Waals surface area contributed by atoms with Crippen LogP contribution in [0.5, 0.6) is 0 Å². The number of hydrogen-bond donors (Lipinski definition) is 0. The Morgan fingerprint density at radius 3 is 3.06 bits per heavy atom. The SMILES string of the molecule is Brc1cncnc1Sc1nnnn1C1CC1. The summed E-state index contributed by atoms with van der Waals surface area (Å²) in [5, 5.41) is 13.3. The molecule has 2 heterocycles. The van der Waals surface area contributed by atoms with Gasteiger partial charge in [-0.25, -0.2) is 14.6 Å². The summed E-state index contributed by atoms with van der Waals surface area (Å²) in [5.74, 6) is 0. The van der Waals surface area contributed by atoms with E-state index in [0.717, 1.165) is 27.5 Å². The average Bonchev–Trinajstić information content (AvgIpc) is 3.03. The Morgan fingerprint density at radius 1 is 1.44 bits per heavy atom. The maximum atomic E-state index is 4.17. The lowest BCUT2D eigenvalue weighted by Crippen LogP contribution is -1.99. The van der Waals surface area contributed by atoms with Crippen LogP contribution in [0.4, 0.5) is 0 Å². The molecule has 6 nitrogen and oxygen atoms in total. The second-order valence-electron chi connectivity index (χ2n) is 3.42. The smallest absolute Gasteiger partial charge is 0.215 e. The van der Waals surface area contributed by atoms with Gasteiger partial charge in [0.1, 0.15) is 11.4 Å². The van der Waals surface area contributed by atoms with E-state index in [0.29, 0.717) is 6.04 Å². The summed E-state index contributed by atoms with van der Waals surface area (Å²) in [6.07, 6.45) is 5.53. The van der Waals surface area contributed by atoms with Crippen molar-refractivity contribution in [1.82, 2.24) is 30.2 Å². The van der Waals surface area contributed by atoms with Crippen molar-refractivity contribution in [2.75, 3.05) is 0 Å². The number of tetrazole rings is 1. The standard InChI is InChI=1S/C8H7BrN6S/c9-6-3-10-4-11-7(6)16-8-12-13-14-15(8)5-1-2-5/h3-5H,1-2H2. The minimum absolute atomic E-state index is 0.470. The number of nitrogens with zero attached hydrogens (tertiary/aromatic N) is 6. The monoisotopic (exact) mass is 298 g/mol. The van der Waals surface area contributed by atoms with Gasteiger partial charge < -0.3 is 0 Å². The first kappa shape index (κ1) is 10.2. The van der Waals surface area contributed by atoms with Crippen molar-refractivity contribution in [3.8, 4) is 0 Å². The topological polar surface area (TPSA) is 69.4 Å². The second kappa shape index (κ2) is 4.10. The first-order valence-electron chi connectivity index (χ1n) is 4.76. The van der Waals surface area contributed by atoms with Crippen molar-refractivity contribution in [3.63, 3.8) is 0 Å². The third-order valence-corrected chi connectivity index (χ3v) is 3.99. The van der Waals surface area contributed by atoms with Gasteiger partial charge in [-0.05, 0) is 51.0 Å². The van der Waals surface area contributed by atoms with E-state index >= 15 is 0 Å². The molecule has 16 heavy (non-hydrogen) atoms. The molecule has 2 aromatic rings. The highest BCUT2D eigenvalue weighted by Gasteiger charge is 2.28. The Kier molecular flexibility index (Phi) is 2.60. The minimum Gasteiger partial charge on any atom is -0.244 e. The van der Waals surface area contributed by atoms with Gasteiger partial charge in [0, 0.05) is 6.20 Å². The van der Waals surface area contributed by atoms with Crippen molar-refractivity contribution in [2.24, 2.45) is 0 Å². The molecular formula is C8H7BrN6S. The van der Waals surface area contributed by atoms with E-state index in [-0.39, 0.29) is 0 Å². The summed E-state index contributed by atoms with van der Waals surface area (Å²) in [5.41, 5.74) is 0. The van der Waals surface area contributed by atoms with Gasteiger partial charge in [-0.2, -0.15) is 0 Å². The molecule has 1 fully saturated rings. The van der Waals surface area contributed by atoms with Crippen molar-refractivity contribution in [2.45, 2.75) is 29.1 Å². The van der Waals surface area contributed by atoms with E-state index in [4.69, 9.17) is 0 Å². The van der Waals surface area contributed by atoms with Crippen LogP contribution in [-0.2, 0) is 0 Å². The van der Waals surface area contributed by atoms with Crippen LogP contribution in [-0.4, -0.2) is 30.2 Å². The molecule has 1 saturated carbocycles. The number of hydrogen-bond acceptors (Lipinski definition) is 6. The van der Waals surface area contributed by atoms with E-state index in [2.05, 4.69) is 41.4 Å². The van der Waals surface area contributed by atoms with E-state index in [1.807, 2.05) is 4.68 Å². The van der Waals surface area contributed by atoms with Gasteiger partial charge in [-0.1, -0.05) is 0 Å². The predicted molar refractivity (Wildman–Crippen MR) is 59.9 cm³/mol. The molecule has 82 valence electrons. The van der Waals surface area contributed by atoms with Crippen molar-refractivity contribution in [1.29, 1.82) is 0 Å². The van der Waals surface area contributed by atoms with Crippen molar-refractivity contribution in [3.05, 3.63) is 17.0 Å². The van der Waals surface area contributed by atoms with Gasteiger partial charge in [0.15, 0.2) is 0 Å². The van der Waals surface area contributed by atoms with E-state index in [9.17, 15) is 0 Å². The molecule has 8 heteroatoms. The molecule has 0 saturated heterocycles. The van der Waals surface area contributed by atoms with Crippen LogP contribution in [0.2, 0.25) is 0 Å². The highest BCUT2D eigenvalue weighted by atomic mass is 79.9. The third kappa shape index (κ3) is 1.94. The largest absolute Gasteiger partial charge is 0.244 e. The van der Waals surface area contributed by atoms with Gasteiger partial charge in [-0.3, -0.25) is 0 Å². The van der Waals surface area contributed by atoms with E-state index in [1.54, 1.807) is 6.20 Å². The van der Waals surface area contributed by atoms with Gasteiger partial charge in [0.25, 0.3) is 0 Å². The normalized spacial score (nSPS) is 15.3. The van der Waals surface area contributed by atoms with E-state index in [1.165, 1.54) is 18.1 Å². The summed E-state index contributed by atoms with van der Waals surface area (Å²) in [6, 6.07) is 0.470. The molecule has 2 aromatic heterocycles. The average molecular weight is 299 g/mol. The van der Waals surface area contributed by atoms with Crippen LogP contribution in [0, 0.1) is 0 Å². The maximum absolute atomic E-state index is 4.17. The van der Waals surface area contributed by atoms with Crippen molar-refractivity contribution >= 4 is 27.7 Å². The Balaban J connectivity index is 1.88. The van der Waals surface area contributed by atoms with Crippen LogP contribution in [0.15, 0.2) is 27.2 Å². The number of aromatic nitrogens is 6. The van der Waals surface area contributed by atoms with Gasteiger partial charge >= 0.3 is 0 Å². The first-order valence-corrected chi connectivity index (χ1v) is 6.37. The number of rotatable bonds is 3. The molecule has 0 amide bonds. The van der Waals surface area contributed by atoms with Crippen LogP contribution in [0.3, 0.4) is 0 Å². The Morgan fingerprint density at radius 2 is 2.31 bits per heavy atom. The lowest BCUT2D eigenvalue weighted by molar-refractivity contribution is 0.565. The Bertz CT molecular complexity index is 511. The molecule has 0 bridgehead atoms. The highest BCUT2D eigenvalue weighted by Crippen LogP contribution is 2.38. The van der Waals surface area contributed by atoms with Gasteiger partial charge in [0.2, 0.25) is 5.16 Å². The highest BCUT2D eigenvalue weighted by molar-refractivity contribution is 9.10. The van der Waals surface area contributed by atoms with Gasteiger partial charge in [0.05, 0.1) is 10.5 Å². The van der Waals surface area contributed by atoms with E-state index < -0.39 is 0 Å². The molecule has 1 aliphatic rings. The molecule has 0 unspecified atom stereocenters. The number of halogens is 1.